The number of anilines is 1. The van der Waals surface area contributed by atoms with Crippen LogP contribution in [0.25, 0.3) is 0 Å². The van der Waals surface area contributed by atoms with E-state index in [1.165, 1.54) is 6.92 Å². The van der Waals surface area contributed by atoms with Crippen molar-refractivity contribution in [2.24, 2.45) is 0 Å². The molecular formula is C16H15N3O. The van der Waals surface area contributed by atoms with Gasteiger partial charge >= 0.3 is 0 Å². The van der Waals surface area contributed by atoms with E-state index < -0.39 is 0 Å². The molecule has 20 heavy (non-hydrogen) atoms. The third-order valence-corrected chi connectivity index (χ3v) is 3.02. The molecule has 0 unspecified atom stereocenters. The smallest absolute Gasteiger partial charge is 0.161 e. The predicted octanol–water partition coefficient (Wildman–Crippen LogP) is 2.79. The Morgan fingerprint density at radius 3 is 2.75 bits per heavy atom. The van der Waals surface area contributed by atoms with Gasteiger partial charge in [0, 0.05) is 25.4 Å². The average molecular weight is 265 g/mol. The number of Topliss-reactive ketones (excluding diaryl/α,β-unsaturated/α-hetero) is 1. The first-order valence-electron chi connectivity index (χ1n) is 6.27. The van der Waals surface area contributed by atoms with Crippen LogP contribution in [0.5, 0.6) is 0 Å². The zero-order valence-corrected chi connectivity index (χ0v) is 11.5. The Morgan fingerprint density at radius 2 is 2.15 bits per heavy atom. The first-order chi connectivity index (χ1) is 9.60. The summed E-state index contributed by atoms with van der Waals surface area (Å²) >= 11 is 0. The highest BCUT2D eigenvalue weighted by Crippen LogP contribution is 2.14. The van der Waals surface area contributed by atoms with E-state index in [9.17, 15) is 4.79 Å². The van der Waals surface area contributed by atoms with E-state index in [1.54, 1.807) is 18.3 Å². The molecule has 0 saturated heterocycles. The van der Waals surface area contributed by atoms with Crippen molar-refractivity contribution in [2.75, 3.05) is 11.9 Å². The maximum absolute atomic E-state index is 11.2. The second-order valence-electron chi connectivity index (χ2n) is 4.63. The first kappa shape index (κ1) is 13.8. The Labute approximate surface area is 118 Å². The van der Waals surface area contributed by atoms with Gasteiger partial charge in [-0.25, -0.2) is 4.98 Å². The van der Waals surface area contributed by atoms with Crippen molar-refractivity contribution >= 4 is 11.6 Å². The fourth-order valence-corrected chi connectivity index (χ4v) is 1.91. The molecule has 100 valence electrons. The van der Waals surface area contributed by atoms with Gasteiger partial charge in [-0.05, 0) is 36.8 Å². The van der Waals surface area contributed by atoms with Crippen molar-refractivity contribution in [1.82, 2.24) is 4.98 Å². The summed E-state index contributed by atoms with van der Waals surface area (Å²) in [5.74, 6) is 0.797. The van der Waals surface area contributed by atoms with Crippen molar-refractivity contribution in [2.45, 2.75) is 13.5 Å². The fraction of sp³-hybridized carbons (Fsp3) is 0.188. The monoisotopic (exact) mass is 265 g/mol. The van der Waals surface area contributed by atoms with Crippen LogP contribution in [0.1, 0.15) is 28.4 Å². The number of rotatable bonds is 4. The van der Waals surface area contributed by atoms with Gasteiger partial charge in [0.2, 0.25) is 0 Å². The molecule has 0 aliphatic rings. The van der Waals surface area contributed by atoms with Gasteiger partial charge in [0.15, 0.2) is 5.78 Å². The van der Waals surface area contributed by atoms with Crippen LogP contribution in [0.4, 0.5) is 5.82 Å². The van der Waals surface area contributed by atoms with E-state index in [4.69, 9.17) is 5.26 Å². The summed E-state index contributed by atoms with van der Waals surface area (Å²) < 4.78 is 0. The number of pyridine rings is 1. The van der Waals surface area contributed by atoms with E-state index in [2.05, 4.69) is 11.1 Å². The summed E-state index contributed by atoms with van der Waals surface area (Å²) in [6.07, 6.45) is 1.58. The summed E-state index contributed by atoms with van der Waals surface area (Å²) in [6.45, 7) is 2.18. The fourth-order valence-electron chi connectivity index (χ4n) is 1.91. The number of carbonyl (C=O) groups excluding carboxylic acids is 1. The molecule has 0 aliphatic heterocycles. The summed E-state index contributed by atoms with van der Waals surface area (Å²) in [5.41, 5.74) is 2.30. The molecule has 0 saturated carbocycles. The third kappa shape index (κ3) is 3.21. The van der Waals surface area contributed by atoms with Crippen LogP contribution >= 0.6 is 0 Å². The number of hydrogen-bond donors (Lipinski definition) is 0. The molecule has 0 spiro atoms. The highest BCUT2D eigenvalue weighted by atomic mass is 16.1. The molecule has 1 aromatic heterocycles. The molecule has 0 amide bonds. The molecule has 0 aliphatic carbocycles. The van der Waals surface area contributed by atoms with Gasteiger partial charge in [0.25, 0.3) is 0 Å². The number of ketones is 1. The summed E-state index contributed by atoms with van der Waals surface area (Å²) in [4.78, 5) is 17.5. The molecule has 2 rings (SSSR count). The van der Waals surface area contributed by atoms with Crippen molar-refractivity contribution in [3.05, 3.63) is 59.3 Å². The van der Waals surface area contributed by atoms with Crippen molar-refractivity contribution in [3.8, 4) is 6.07 Å². The molecule has 1 aromatic carbocycles. The highest BCUT2D eigenvalue weighted by Gasteiger charge is 2.06. The molecule has 0 radical (unpaired) electrons. The first-order valence-corrected chi connectivity index (χ1v) is 6.27. The molecule has 4 nitrogen and oxygen atoms in total. The minimum absolute atomic E-state index is 0.00780. The number of benzene rings is 1. The lowest BCUT2D eigenvalue weighted by Crippen LogP contribution is -2.17. The summed E-state index contributed by atoms with van der Waals surface area (Å²) in [7, 11) is 1.93. The van der Waals surface area contributed by atoms with Crippen LogP contribution < -0.4 is 4.90 Å². The third-order valence-electron chi connectivity index (χ3n) is 3.02. The van der Waals surface area contributed by atoms with E-state index in [0.717, 1.165) is 11.4 Å². The molecular weight excluding hydrogens is 250 g/mol. The minimum Gasteiger partial charge on any atom is -0.355 e. The lowest BCUT2D eigenvalue weighted by atomic mass is 10.1. The number of nitriles is 1. The number of nitrogens with zero attached hydrogens (tertiary/aromatic N) is 3. The van der Waals surface area contributed by atoms with Crippen LogP contribution in [-0.4, -0.2) is 17.8 Å². The minimum atomic E-state index is 0.00780. The summed E-state index contributed by atoms with van der Waals surface area (Å²) in [6, 6.07) is 13.2. The molecule has 2 aromatic rings. The highest BCUT2D eigenvalue weighted by molar-refractivity contribution is 5.93. The Bertz CT molecular complexity index is 656. The van der Waals surface area contributed by atoms with E-state index in [0.29, 0.717) is 17.7 Å². The SMILES string of the molecule is CC(=O)c1ccc(N(C)Cc2cccc(C#N)c2)nc1. The maximum Gasteiger partial charge on any atom is 0.161 e. The van der Waals surface area contributed by atoms with Crippen molar-refractivity contribution in [1.29, 1.82) is 5.26 Å². The number of aromatic nitrogens is 1. The van der Waals surface area contributed by atoms with Gasteiger partial charge in [-0.1, -0.05) is 12.1 Å². The normalized spacial score (nSPS) is 9.85. The Hall–Kier alpha value is -2.67. The topological polar surface area (TPSA) is 57.0 Å². The van der Waals surface area contributed by atoms with E-state index >= 15 is 0 Å². The standard InChI is InChI=1S/C16H15N3O/c1-12(20)15-6-7-16(18-10-15)19(2)11-14-5-3-4-13(8-14)9-17/h3-8,10H,11H2,1-2H3. The van der Waals surface area contributed by atoms with Gasteiger partial charge < -0.3 is 4.90 Å². The lowest BCUT2D eigenvalue weighted by Gasteiger charge is -2.18. The van der Waals surface area contributed by atoms with Crippen LogP contribution in [-0.2, 0) is 6.54 Å². The van der Waals surface area contributed by atoms with Crippen LogP contribution in [0.3, 0.4) is 0 Å². The van der Waals surface area contributed by atoms with E-state index in [-0.39, 0.29) is 5.78 Å². The van der Waals surface area contributed by atoms with Gasteiger partial charge in [-0.15, -0.1) is 0 Å². The number of hydrogen-bond acceptors (Lipinski definition) is 4. The Balaban J connectivity index is 2.13. The zero-order chi connectivity index (χ0) is 14.5. The van der Waals surface area contributed by atoms with Crippen LogP contribution in [0, 0.1) is 11.3 Å². The van der Waals surface area contributed by atoms with Crippen molar-refractivity contribution in [3.63, 3.8) is 0 Å². The van der Waals surface area contributed by atoms with Gasteiger partial charge in [0.05, 0.1) is 11.6 Å². The molecule has 1 heterocycles. The zero-order valence-electron chi connectivity index (χ0n) is 11.5. The van der Waals surface area contributed by atoms with Crippen LogP contribution in [0.2, 0.25) is 0 Å². The Morgan fingerprint density at radius 1 is 1.35 bits per heavy atom. The quantitative estimate of drug-likeness (QED) is 0.798. The largest absolute Gasteiger partial charge is 0.355 e. The van der Waals surface area contributed by atoms with Gasteiger partial charge in [-0.2, -0.15) is 5.26 Å². The molecule has 0 bridgehead atoms. The lowest BCUT2D eigenvalue weighted by molar-refractivity contribution is 0.101. The van der Waals surface area contributed by atoms with E-state index in [1.807, 2.05) is 36.2 Å². The van der Waals surface area contributed by atoms with Crippen LogP contribution in [0.15, 0.2) is 42.6 Å². The predicted molar refractivity (Wildman–Crippen MR) is 77.5 cm³/mol. The molecule has 4 heteroatoms. The summed E-state index contributed by atoms with van der Waals surface area (Å²) in [5, 5.41) is 8.89. The second kappa shape index (κ2) is 5.98. The Kier molecular flexibility index (Phi) is 4.11. The van der Waals surface area contributed by atoms with Gasteiger partial charge in [-0.3, -0.25) is 4.79 Å². The number of carbonyl (C=O) groups is 1. The van der Waals surface area contributed by atoms with Gasteiger partial charge in [0.1, 0.15) is 5.82 Å². The van der Waals surface area contributed by atoms with Crippen molar-refractivity contribution < 1.29 is 4.79 Å². The maximum atomic E-state index is 11.2. The molecule has 0 fully saturated rings. The molecule has 0 N–H and O–H groups in total. The molecule has 0 atom stereocenters. The second-order valence-corrected chi connectivity index (χ2v) is 4.63. The average Bonchev–Trinajstić information content (AvgIpc) is 2.47.